The third-order valence-corrected chi connectivity index (χ3v) is 2.75. The smallest absolute Gasteiger partial charge is 0.138 e. The first-order chi connectivity index (χ1) is 6.76. The molecule has 0 atom stereocenters. The van der Waals surface area contributed by atoms with Crippen LogP contribution in [0.2, 0.25) is 5.02 Å². The molecule has 2 nitrogen and oxygen atoms in total. The Labute approximate surface area is 87.8 Å². The molecule has 0 aliphatic carbocycles. The number of halogens is 1. The maximum absolute atomic E-state index is 6.17. The Bertz CT molecular complexity index is 462. The minimum absolute atomic E-state index is 0.681. The normalized spacial score (nSPS) is 10.8. The van der Waals surface area contributed by atoms with Gasteiger partial charge in [0.15, 0.2) is 0 Å². The molecule has 3 heteroatoms. The van der Waals surface area contributed by atoms with Crippen molar-refractivity contribution in [2.75, 3.05) is 7.11 Å². The lowest BCUT2D eigenvalue weighted by Crippen LogP contribution is -1.83. The molecule has 0 saturated heterocycles. The van der Waals surface area contributed by atoms with Gasteiger partial charge >= 0.3 is 0 Å². The summed E-state index contributed by atoms with van der Waals surface area (Å²) in [5.74, 6) is 0.723. The van der Waals surface area contributed by atoms with Crippen LogP contribution in [0.15, 0.2) is 18.2 Å². The van der Waals surface area contributed by atoms with Crippen LogP contribution in [0, 0.1) is 0 Å². The van der Waals surface area contributed by atoms with Crippen molar-refractivity contribution in [3.05, 3.63) is 28.9 Å². The topological polar surface area (TPSA) is 25.0 Å². The van der Waals surface area contributed by atoms with Gasteiger partial charge in [-0.15, -0.1) is 0 Å². The van der Waals surface area contributed by atoms with Crippen molar-refractivity contribution in [1.82, 2.24) is 4.98 Å². The van der Waals surface area contributed by atoms with E-state index in [0.717, 1.165) is 23.1 Å². The molecule has 1 aromatic carbocycles. The Hall–Kier alpha value is -1.15. The van der Waals surface area contributed by atoms with E-state index < -0.39 is 0 Å². The molecule has 1 heterocycles. The molecule has 0 amide bonds. The maximum atomic E-state index is 6.17. The first-order valence-electron chi connectivity index (χ1n) is 4.60. The molecule has 0 spiro atoms. The molecule has 0 bridgehead atoms. The molecule has 14 heavy (non-hydrogen) atoms. The summed E-state index contributed by atoms with van der Waals surface area (Å²) in [6.45, 7) is 2.11. The summed E-state index contributed by atoms with van der Waals surface area (Å²) in [6.07, 6.45) is 0.979. The molecule has 0 saturated carbocycles. The lowest BCUT2D eigenvalue weighted by atomic mass is 10.2. The zero-order valence-corrected chi connectivity index (χ0v) is 8.98. The summed E-state index contributed by atoms with van der Waals surface area (Å²) in [7, 11) is 1.63. The van der Waals surface area contributed by atoms with Crippen LogP contribution in [-0.4, -0.2) is 12.1 Å². The molecule has 2 aromatic rings. The fourth-order valence-corrected chi connectivity index (χ4v) is 1.85. The second-order valence-corrected chi connectivity index (χ2v) is 3.57. The average Bonchev–Trinajstić information content (AvgIpc) is 2.62. The molecule has 2 rings (SSSR count). The van der Waals surface area contributed by atoms with E-state index in [2.05, 4.69) is 18.0 Å². The lowest BCUT2D eigenvalue weighted by Gasteiger charge is -2.02. The number of ether oxygens (including phenoxy) is 1. The molecule has 0 aliphatic rings. The highest BCUT2D eigenvalue weighted by Crippen LogP contribution is 2.32. The van der Waals surface area contributed by atoms with Crippen LogP contribution in [0.3, 0.4) is 0 Å². The van der Waals surface area contributed by atoms with E-state index in [-0.39, 0.29) is 0 Å². The van der Waals surface area contributed by atoms with Gasteiger partial charge in [-0.05, 0) is 24.6 Å². The van der Waals surface area contributed by atoms with Crippen molar-refractivity contribution in [3.63, 3.8) is 0 Å². The van der Waals surface area contributed by atoms with Crippen LogP contribution in [0.1, 0.15) is 12.6 Å². The summed E-state index contributed by atoms with van der Waals surface area (Å²) in [5.41, 5.74) is 2.25. The number of aryl methyl sites for hydroxylation is 1. The predicted molar refractivity (Wildman–Crippen MR) is 59.2 cm³/mol. The molecular weight excluding hydrogens is 198 g/mol. The Morgan fingerprint density at radius 2 is 2.21 bits per heavy atom. The van der Waals surface area contributed by atoms with Gasteiger partial charge in [0.1, 0.15) is 5.75 Å². The van der Waals surface area contributed by atoms with Gasteiger partial charge in [-0.1, -0.05) is 18.5 Å². The highest BCUT2D eigenvalue weighted by atomic mass is 35.5. The number of hydrogen-bond donors (Lipinski definition) is 1. The zero-order chi connectivity index (χ0) is 10.1. The van der Waals surface area contributed by atoms with Crippen LogP contribution in [0.25, 0.3) is 10.9 Å². The van der Waals surface area contributed by atoms with Crippen molar-refractivity contribution in [3.8, 4) is 5.75 Å². The van der Waals surface area contributed by atoms with Gasteiger partial charge in [0.05, 0.1) is 12.1 Å². The van der Waals surface area contributed by atoms with Crippen molar-refractivity contribution in [2.45, 2.75) is 13.3 Å². The first kappa shape index (κ1) is 9.41. The molecule has 1 aromatic heterocycles. The van der Waals surface area contributed by atoms with Gasteiger partial charge in [0.2, 0.25) is 0 Å². The van der Waals surface area contributed by atoms with E-state index in [0.29, 0.717) is 5.02 Å². The molecule has 0 aliphatic heterocycles. The molecular formula is C11H12ClNO. The van der Waals surface area contributed by atoms with Gasteiger partial charge in [-0.3, -0.25) is 0 Å². The summed E-state index contributed by atoms with van der Waals surface area (Å²) in [6, 6.07) is 5.93. The van der Waals surface area contributed by atoms with E-state index in [1.807, 2.05) is 12.1 Å². The minimum Gasteiger partial charge on any atom is -0.495 e. The van der Waals surface area contributed by atoms with E-state index in [1.54, 1.807) is 7.11 Å². The van der Waals surface area contributed by atoms with Gasteiger partial charge in [0, 0.05) is 16.6 Å². The highest BCUT2D eigenvalue weighted by molar-refractivity contribution is 6.37. The number of rotatable bonds is 2. The van der Waals surface area contributed by atoms with Crippen molar-refractivity contribution in [1.29, 1.82) is 0 Å². The van der Waals surface area contributed by atoms with E-state index in [1.165, 1.54) is 5.69 Å². The summed E-state index contributed by atoms with van der Waals surface area (Å²) >= 11 is 6.17. The predicted octanol–water partition coefficient (Wildman–Crippen LogP) is 3.39. The second-order valence-electron chi connectivity index (χ2n) is 3.19. The zero-order valence-electron chi connectivity index (χ0n) is 8.23. The van der Waals surface area contributed by atoms with Crippen molar-refractivity contribution >= 4 is 22.5 Å². The average molecular weight is 210 g/mol. The van der Waals surface area contributed by atoms with Gasteiger partial charge in [-0.25, -0.2) is 0 Å². The van der Waals surface area contributed by atoms with Crippen LogP contribution in [0.5, 0.6) is 5.75 Å². The molecule has 0 unspecified atom stereocenters. The number of H-pyrrole nitrogens is 1. The summed E-state index contributed by atoms with van der Waals surface area (Å²) in [5, 5.41) is 1.71. The fraction of sp³-hybridized carbons (Fsp3) is 0.273. The summed E-state index contributed by atoms with van der Waals surface area (Å²) < 4.78 is 5.15. The molecule has 1 N–H and O–H groups in total. The Kier molecular flexibility index (Phi) is 2.38. The molecule has 74 valence electrons. The standard InChI is InChI=1S/C11H12ClNO/c1-3-7-6-8-9(13-7)4-5-10(14-2)11(8)12/h4-6,13H,3H2,1-2H3. The Morgan fingerprint density at radius 3 is 2.86 bits per heavy atom. The monoisotopic (exact) mass is 209 g/mol. The maximum Gasteiger partial charge on any atom is 0.138 e. The number of methoxy groups -OCH3 is 1. The van der Waals surface area contributed by atoms with Gasteiger partial charge in [-0.2, -0.15) is 0 Å². The highest BCUT2D eigenvalue weighted by Gasteiger charge is 2.07. The van der Waals surface area contributed by atoms with Crippen LogP contribution >= 0.6 is 11.6 Å². The number of aromatic nitrogens is 1. The van der Waals surface area contributed by atoms with Crippen LogP contribution < -0.4 is 4.74 Å². The first-order valence-corrected chi connectivity index (χ1v) is 4.98. The number of aromatic amines is 1. The summed E-state index contributed by atoms with van der Waals surface area (Å²) in [4.78, 5) is 3.30. The largest absolute Gasteiger partial charge is 0.495 e. The van der Waals surface area contributed by atoms with Crippen molar-refractivity contribution < 1.29 is 4.74 Å². The quantitative estimate of drug-likeness (QED) is 0.806. The third-order valence-electron chi connectivity index (χ3n) is 2.36. The Morgan fingerprint density at radius 1 is 1.43 bits per heavy atom. The third kappa shape index (κ3) is 1.36. The van der Waals surface area contributed by atoms with Gasteiger partial charge in [0.25, 0.3) is 0 Å². The van der Waals surface area contributed by atoms with E-state index in [4.69, 9.17) is 16.3 Å². The van der Waals surface area contributed by atoms with Crippen LogP contribution in [-0.2, 0) is 6.42 Å². The Balaban J connectivity index is 2.68. The van der Waals surface area contributed by atoms with Crippen molar-refractivity contribution in [2.24, 2.45) is 0 Å². The van der Waals surface area contributed by atoms with Gasteiger partial charge < -0.3 is 9.72 Å². The fourth-order valence-electron chi connectivity index (χ4n) is 1.55. The number of hydrogen-bond acceptors (Lipinski definition) is 1. The minimum atomic E-state index is 0.681. The SMILES string of the molecule is CCc1cc2c(Cl)c(OC)ccc2[nH]1. The van der Waals surface area contributed by atoms with Crippen LogP contribution in [0.4, 0.5) is 0 Å². The number of benzene rings is 1. The molecule has 0 fully saturated rings. The number of nitrogens with one attached hydrogen (secondary N) is 1. The van der Waals surface area contributed by atoms with E-state index >= 15 is 0 Å². The lowest BCUT2D eigenvalue weighted by molar-refractivity contribution is 0.415. The number of fused-ring (bicyclic) bond motifs is 1. The van der Waals surface area contributed by atoms with E-state index in [9.17, 15) is 0 Å². The molecule has 0 radical (unpaired) electrons. The second kappa shape index (κ2) is 3.54.